The molecule has 0 heterocycles. The van der Waals surface area contributed by atoms with Gasteiger partial charge in [0.1, 0.15) is 11.6 Å². The van der Waals surface area contributed by atoms with Crippen LogP contribution in [0.4, 0.5) is 8.78 Å². The monoisotopic (exact) mass is 349 g/mol. The number of nitrogens with one attached hydrogen (secondary N) is 1. The fourth-order valence-corrected chi connectivity index (χ4v) is 6.17. The van der Waals surface area contributed by atoms with Crippen molar-refractivity contribution in [2.24, 2.45) is 17.3 Å². The quantitative estimate of drug-likeness (QED) is 0.867. The highest BCUT2D eigenvalue weighted by Crippen LogP contribution is 2.62. The van der Waals surface area contributed by atoms with Gasteiger partial charge >= 0.3 is 0 Å². The van der Waals surface area contributed by atoms with Gasteiger partial charge in [0.15, 0.2) is 0 Å². The van der Waals surface area contributed by atoms with Crippen molar-refractivity contribution in [2.75, 3.05) is 0 Å². The van der Waals surface area contributed by atoms with E-state index in [9.17, 15) is 18.7 Å². The number of amides is 1. The Kier molecular flexibility index (Phi) is 3.91. The third kappa shape index (κ3) is 3.19. The largest absolute Gasteiger partial charge is 0.390 e. The van der Waals surface area contributed by atoms with Crippen LogP contribution in [0.1, 0.15) is 63.5 Å². The van der Waals surface area contributed by atoms with Crippen LogP contribution in [0.3, 0.4) is 0 Å². The number of carbonyl (C=O) groups is 1. The summed E-state index contributed by atoms with van der Waals surface area (Å²) < 4.78 is 26.9. The van der Waals surface area contributed by atoms with Gasteiger partial charge in [-0.05, 0) is 68.8 Å². The number of benzene rings is 1. The molecule has 4 saturated carbocycles. The molecule has 4 fully saturated rings. The summed E-state index contributed by atoms with van der Waals surface area (Å²) in [6.45, 7) is 1.71. The Balaban J connectivity index is 1.44. The zero-order valence-corrected chi connectivity index (χ0v) is 14.5. The second-order valence-electron chi connectivity index (χ2n) is 8.82. The van der Waals surface area contributed by atoms with Crippen molar-refractivity contribution in [3.63, 3.8) is 0 Å². The first kappa shape index (κ1) is 17.0. The standard InChI is InChI=1S/C20H25F2NO2/c1-12(16-3-2-15(21)5-17(16)22)23-18(24)10-19-6-13-4-14(7-19)9-20(25,8-13)11-19/h2-3,5,12-14,25H,4,6-11H2,1H3,(H,23,24). The second kappa shape index (κ2) is 5.76. The molecule has 1 aromatic carbocycles. The van der Waals surface area contributed by atoms with Gasteiger partial charge in [0.25, 0.3) is 0 Å². The average Bonchev–Trinajstić information content (AvgIpc) is 2.43. The van der Waals surface area contributed by atoms with Crippen molar-refractivity contribution in [2.45, 2.75) is 63.5 Å². The maximum Gasteiger partial charge on any atom is 0.221 e. The molecule has 1 aromatic rings. The lowest BCUT2D eigenvalue weighted by atomic mass is 9.47. The molecule has 2 N–H and O–H groups in total. The van der Waals surface area contributed by atoms with Crippen molar-refractivity contribution >= 4 is 5.91 Å². The molecule has 0 aromatic heterocycles. The Hall–Kier alpha value is -1.49. The van der Waals surface area contributed by atoms with Crippen molar-refractivity contribution in [3.8, 4) is 0 Å². The van der Waals surface area contributed by atoms with E-state index in [0.29, 0.717) is 30.2 Å². The van der Waals surface area contributed by atoms with Gasteiger partial charge in [0.2, 0.25) is 5.91 Å². The summed E-state index contributed by atoms with van der Waals surface area (Å²) in [5, 5.41) is 13.6. The maximum absolute atomic E-state index is 13.9. The van der Waals surface area contributed by atoms with Crippen LogP contribution in [0.25, 0.3) is 0 Å². The van der Waals surface area contributed by atoms with Crippen LogP contribution in [-0.4, -0.2) is 16.6 Å². The average molecular weight is 349 g/mol. The van der Waals surface area contributed by atoms with E-state index in [4.69, 9.17) is 0 Å². The summed E-state index contributed by atoms with van der Waals surface area (Å²) >= 11 is 0. The van der Waals surface area contributed by atoms with Crippen LogP contribution in [0.5, 0.6) is 0 Å². The van der Waals surface area contributed by atoms with Gasteiger partial charge < -0.3 is 10.4 Å². The Morgan fingerprint density at radius 2 is 1.96 bits per heavy atom. The lowest BCUT2D eigenvalue weighted by Gasteiger charge is -2.60. The predicted molar refractivity (Wildman–Crippen MR) is 89.6 cm³/mol. The minimum Gasteiger partial charge on any atom is -0.390 e. The van der Waals surface area contributed by atoms with Crippen LogP contribution in [0.15, 0.2) is 18.2 Å². The highest BCUT2D eigenvalue weighted by Gasteiger charge is 2.57. The van der Waals surface area contributed by atoms with Crippen LogP contribution in [0, 0.1) is 28.9 Å². The van der Waals surface area contributed by atoms with Crippen molar-refractivity contribution in [1.29, 1.82) is 0 Å². The molecule has 3 unspecified atom stereocenters. The van der Waals surface area contributed by atoms with E-state index in [2.05, 4.69) is 5.32 Å². The van der Waals surface area contributed by atoms with Crippen molar-refractivity contribution in [1.82, 2.24) is 5.32 Å². The van der Waals surface area contributed by atoms with Gasteiger partial charge in [-0.3, -0.25) is 4.79 Å². The molecular formula is C20H25F2NO2. The molecule has 3 atom stereocenters. The molecule has 0 spiro atoms. The van der Waals surface area contributed by atoms with Gasteiger partial charge in [-0.25, -0.2) is 8.78 Å². The van der Waals surface area contributed by atoms with E-state index in [1.165, 1.54) is 18.6 Å². The Bertz CT molecular complexity index is 691. The van der Waals surface area contributed by atoms with Gasteiger partial charge in [-0.1, -0.05) is 6.07 Å². The summed E-state index contributed by atoms with van der Waals surface area (Å²) in [5.41, 5.74) is -0.401. The lowest BCUT2D eigenvalue weighted by molar-refractivity contribution is -0.169. The number of hydrogen-bond acceptors (Lipinski definition) is 2. The highest BCUT2D eigenvalue weighted by molar-refractivity contribution is 5.77. The first-order chi connectivity index (χ1) is 11.8. The number of hydrogen-bond donors (Lipinski definition) is 2. The molecule has 5 rings (SSSR count). The third-order valence-corrected chi connectivity index (χ3v) is 6.49. The topological polar surface area (TPSA) is 49.3 Å². The van der Waals surface area contributed by atoms with Crippen LogP contribution < -0.4 is 5.32 Å². The van der Waals surface area contributed by atoms with Crippen molar-refractivity contribution in [3.05, 3.63) is 35.4 Å². The fraction of sp³-hybridized carbons (Fsp3) is 0.650. The van der Waals surface area contributed by atoms with Gasteiger partial charge in [0.05, 0.1) is 11.6 Å². The molecule has 0 radical (unpaired) electrons. The maximum atomic E-state index is 13.9. The van der Waals surface area contributed by atoms with Crippen LogP contribution >= 0.6 is 0 Å². The molecule has 4 aliphatic carbocycles. The summed E-state index contributed by atoms with van der Waals surface area (Å²) in [4.78, 5) is 12.6. The Morgan fingerprint density at radius 3 is 2.56 bits per heavy atom. The molecular weight excluding hydrogens is 324 g/mol. The minimum absolute atomic E-state index is 0.107. The molecule has 25 heavy (non-hydrogen) atoms. The van der Waals surface area contributed by atoms with Crippen LogP contribution in [-0.2, 0) is 4.79 Å². The molecule has 3 nitrogen and oxygen atoms in total. The smallest absolute Gasteiger partial charge is 0.221 e. The van der Waals surface area contributed by atoms with Crippen molar-refractivity contribution < 1.29 is 18.7 Å². The summed E-state index contributed by atoms with van der Waals surface area (Å²) in [7, 11) is 0. The minimum atomic E-state index is -0.642. The molecule has 5 heteroatoms. The Labute approximate surface area is 146 Å². The summed E-state index contributed by atoms with van der Waals surface area (Å²) in [6.07, 6.45) is 6.06. The van der Waals surface area contributed by atoms with E-state index in [1.54, 1.807) is 6.92 Å². The van der Waals surface area contributed by atoms with E-state index in [-0.39, 0.29) is 11.3 Å². The number of rotatable bonds is 4. The molecule has 136 valence electrons. The zero-order valence-electron chi connectivity index (χ0n) is 14.5. The van der Waals surface area contributed by atoms with Gasteiger partial charge in [0, 0.05) is 18.1 Å². The molecule has 1 amide bonds. The summed E-state index contributed by atoms with van der Waals surface area (Å²) in [5.74, 6) is -0.308. The molecule has 4 aliphatic rings. The van der Waals surface area contributed by atoms with E-state index >= 15 is 0 Å². The molecule has 4 bridgehead atoms. The zero-order chi connectivity index (χ0) is 17.8. The first-order valence-corrected chi connectivity index (χ1v) is 9.23. The molecule has 0 aliphatic heterocycles. The number of aliphatic hydroxyl groups is 1. The van der Waals surface area contributed by atoms with Gasteiger partial charge in [-0.15, -0.1) is 0 Å². The second-order valence-corrected chi connectivity index (χ2v) is 8.82. The first-order valence-electron chi connectivity index (χ1n) is 9.23. The van der Waals surface area contributed by atoms with Crippen LogP contribution in [0.2, 0.25) is 0 Å². The molecule has 0 saturated heterocycles. The van der Waals surface area contributed by atoms with E-state index < -0.39 is 23.3 Å². The highest BCUT2D eigenvalue weighted by atomic mass is 19.1. The SMILES string of the molecule is CC(NC(=O)CC12CC3CC(CC(O)(C3)C1)C2)c1ccc(F)cc1F. The van der Waals surface area contributed by atoms with E-state index in [0.717, 1.165) is 31.7 Å². The van der Waals surface area contributed by atoms with E-state index in [1.807, 2.05) is 0 Å². The Morgan fingerprint density at radius 1 is 1.28 bits per heavy atom. The normalized spacial score (nSPS) is 37.1. The van der Waals surface area contributed by atoms with Gasteiger partial charge in [-0.2, -0.15) is 0 Å². The summed E-state index contributed by atoms with van der Waals surface area (Å²) in [6, 6.07) is 2.91. The number of carbonyl (C=O) groups excluding carboxylic acids is 1. The lowest BCUT2D eigenvalue weighted by Crippen LogP contribution is -2.56. The fourth-order valence-electron chi connectivity index (χ4n) is 6.17. The predicted octanol–water partition coefficient (Wildman–Crippen LogP) is 3.86. The third-order valence-electron chi connectivity index (χ3n) is 6.49. The number of halogens is 2.